The summed E-state index contributed by atoms with van der Waals surface area (Å²) in [6.07, 6.45) is 0.758. The molecule has 1 aliphatic heterocycles. The summed E-state index contributed by atoms with van der Waals surface area (Å²) in [6.45, 7) is 29.1. The highest BCUT2D eigenvalue weighted by atomic mass is 16.6. The van der Waals surface area contributed by atoms with Gasteiger partial charge in [-0.25, -0.2) is 0 Å². The van der Waals surface area contributed by atoms with Gasteiger partial charge < -0.3 is 58.4 Å². The number of hydrogen-bond donors (Lipinski definition) is 3. The maximum atomic E-state index is 13.1. The van der Waals surface area contributed by atoms with Crippen LogP contribution in [-0.2, 0) is 42.7 Å². The van der Waals surface area contributed by atoms with E-state index in [1.54, 1.807) is 6.08 Å². The highest BCUT2D eigenvalue weighted by Crippen LogP contribution is 2.36. The van der Waals surface area contributed by atoms with Gasteiger partial charge in [-0.05, 0) is 112 Å². The smallest absolute Gasteiger partial charge is 0.256 e. The third-order valence-corrected chi connectivity index (χ3v) is 10.1. The molecule has 1 aromatic carbocycles. The lowest BCUT2D eigenvalue weighted by Gasteiger charge is -2.23. The van der Waals surface area contributed by atoms with Crippen LogP contribution in [0.3, 0.4) is 0 Å². The minimum atomic E-state index is -0.220. The molecule has 0 radical (unpaired) electrons. The molecule has 61 heavy (non-hydrogen) atoms. The molecule has 2 amide bonds. The highest BCUT2D eigenvalue weighted by Gasteiger charge is 2.27. The minimum Gasteiger partial charge on any atom is -0.491 e. The molecule has 0 spiro atoms. The first-order valence-corrected chi connectivity index (χ1v) is 21.8. The zero-order chi connectivity index (χ0) is 45.1. The molecule has 1 aliphatic rings. The molecule has 7 atom stereocenters. The van der Waals surface area contributed by atoms with Crippen molar-refractivity contribution in [3.8, 4) is 5.75 Å². The molecule has 15 heteroatoms. The van der Waals surface area contributed by atoms with Crippen LogP contribution in [0.2, 0.25) is 0 Å². The van der Waals surface area contributed by atoms with Gasteiger partial charge in [-0.2, -0.15) is 0 Å². The molecule has 0 saturated heterocycles. The van der Waals surface area contributed by atoms with Crippen molar-refractivity contribution in [1.29, 1.82) is 0 Å². The Labute approximate surface area is 363 Å². The normalized spacial score (nSPS) is 16.8. The molecule has 7 unspecified atom stereocenters. The number of hydrogen-bond acceptors (Lipinski definition) is 12. The van der Waals surface area contributed by atoms with Gasteiger partial charge in [0.05, 0.1) is 93.5 Å². The zero-order valence-electron chi connectivity index (χ0n) is 38.8. The van der Waals surface area contributed by atoms with Gasteiger partial charge >= 0.3 is 0 Å². The van der Waals surface area contributed by atoms with E-state index < -0.39 is 0 Å². The summed E-state index contributed by atoms with van der Waals surface area (Å²) in [5.74, 6) is 0.246. The van der Waals surface area contributed by atoms with Crippen molar-refractivity contribution in [2.75, 3.05) is 84.4 Å². The first kappa shape index (κ1) is 51.7. The standard InChI is InChI=1S/C46H74N4O11/c1-13-50(14-2)18-17-47-46(53)44-37(11)43(48-38(44)12)20-41-40-19-39(15-16-42(40)49-45(41)52)61-28-36(10)60-27-35(9)59-26-34(8)58-25-33(7)57-24-32(6)56-23-31(5)55-22-30(4)54-21-29(3)51/h15-16,19-20,30-36,48H,13-14,17-18,21-28H2,1-12H3,(H,47,53)(H,49,52)/b41-20-. The van der Waals surface area contributed by atoms with Crippen LogP contribution in [0.5, 0.6) is 5.75 Å². The van der Waals surface area contributed by atoms with Crippen LogP contribution in [0.25, 0.3) is 11.6 Å². The summed E-state index contributed by atoms with van der Waals surface area (Å²) >= 11 is 0. The third-order valence-electron chi connectivity index (χ3n) is 10.1. The van der Waals surface area contributed by atoms with Crippen molar-refractivity contribution in [2.24, 2.45) is 0 Å². The number of ketones is 1. The number of nitrogens with zero attached hydrogens (tertiary/aromatic N) is 1. The Hall–Kier alpha value is -3.67. The Morgan fingerprint density at radius 2 is 1.20 bits per heavy atom. The van der Waals surface area contributed by atoms with E-state index >= 15 is 0 Å². The van der Waals surface area contributed by atoms with Crippen molar-refractivity contribution < 1.29 is 52.3 Å². The van der Waals surface area contributed by atoms with E-state index in [-0.39, 0.29) is 66.9 Å². The molecule has 0 bridgehead atoms. The molecule has 0 fully saturated rings. The maximum Gasteiger partial charge on any atom is 0.256 e. The second kappa shape index (κ2) is 26.7. The molecular formula is C46H74N4O11. The first-order chi connectivity index (χ1) is 29.0. The summed E-state index contributed by atoms with van der Waals surface area (Å²) in [5.41, 5.74) is 4.75. The molecule has 1 aromatic heterocycles. The fourth-order valence-electron chi connectivity index (χ4n) is 6.37. The van der Waals surface area contributed by atoms with Gasteiger partial charge in [0.25, 0.3) is 11.8 Å². The number of anilines is 1. The first-order valence-electron chi connectivity index (χ1n) is 21.8. The number of aryl methyl sites for hydroxylation is 1. The predicted octanol–water partition coefficient (Wildman–Crippen LogP) is 6.00. The van der Waals surface area contributed by atoms with Gasteiger partial charge in [0.2, 0.25) is 0 Å². The SMILES string of the molecule is CCN(CC)CCNC(=O)c1c(C)[nH]c(/C=C2\C(=O)Nc3ccc(OCC(C)OCC(C)OCC(C)OCC(C)OCC(C)OCC(C)OCC(C)OCC(C)=O)cc32)c1C. The van der Waals surface area contributed by atoms with Gasteiger partial charge in [-0.3, -0.25) is 14.4 Å². The Kier molecular flexibility index (Phi) is 22.6. The monoisotopic (exact) mass is 859 g/mol. The van der Waals surface area contributed by atoms with Gasteiger partial charge in [-0.15, -0.1) is 0 Å². The summed E-state index contributed by atoms with van der Waals surface area (Å²) in [6, 6.07) is 5.50. The van der Waals surface area contributed by atoms with Gasteiger partial charge in [0.15, 0.2) is 5.78 Å². The van der Waals surface area contributed by atoms with Gasteiger partial charge in [-0.1, -0.05) is 13.8 Å². The average Bonchev–Trinajstić information content (AvgIpc) is 3.70. The van der Waals surface area contributed by atoms with Crippen LogP contribution >= 0.6 is 0 Å². The number of carbonyl (C=O) groups excluding carboxylic acids is 3. The average molecular weight is 859 g/mol. The van der Waals surface area contributed by atoms with E-state index in [0.29, 0.717) is 81.1 Å². The molecule has 0 saturated carbocycles. The fourth-order valence-corrected chi connectivity index (χ4v) is 6.37. The number of fused-ring (bicyclic) bond motifs is 1. The maximum absolute atomic E-state index is 13.1. The molecule has 0 aliphatic carbocycles. The number of likely N-dealkylation sites (N-methyl/N-ethyl adjacent to an activating group) is 1. The van der Waals surface area contributed by atoms with Gasteiger partial charge in [0, 0.05) is 35.7 Å². The topological polar surface area (TPSA) is 168 Å². The lowest BCUT2D eigenvalue weighted by atomic mass is 10.0. The van der Waals surface area contributed by atoms with E-state index in [0.717, 1.165) is 36.5 Å². The number of Topliss-reactive ketones (excluding diaryl/α,β-unsaturated/α-hetero) is 1. The summed E-state index contributed by atoms with van der Waals surface area (Å²) < 4.78 is 47.0. The minimum absolute atomic E-state index is 0.0122. The second-order valence-electron chi connectivity index (χ2n) is 16.2. The van der Waals surface area contributed by atoms with E-state index in [1.165, 1.54) is 6.92 Å². The Balaban J connectivity index is 1.35. The number of rotatable bonds is 31. The summed E-state index contributed by atoms with van der Waals surface area (Å²) in [4.78, 5) is 42.8. The Bertz CT molecular complexity index is 1690. The fraction of sp³-hybridized carbons (Fsp3) is 0.674. The van der Waals surface area contributed by atoms with E-state index in [4.69, 9.17) is 37.9 Å². The number of carbonyl (C=O) groups is 3. The van der Waals surface area contributed by atoms with E-state index in [9.17, 15) is 14.4 Å². The number of amides is 2. The molecule has 2 aromatic rings. The lowest BCUT2D eigenvalue weighted by Crippen LogP contribution is -2.35. The second-order valence-corrected chi connectivity index (χ2v) is 16.2. The van der Waals surface area contributed by atoms with Crippen molar-refractivity contribution in [2.45, 2.75) is 126 Å². The lowest BCUT2D eigenvalue weighted by molar-refractivity contribution is -0.126. The van der Waals surface area contributed by atoms with Crippen LogP contribution in [0.4, 0.5) is 5.69 Å². The van der Waals surface area contributed by atoms with Crippen LogP contribution in [0, 0.1) is 13.8 Å². The number of benzene rings is 1. The predicted molar refractivity (Wildman–Crippen MR) is 237 cm³/mol. The Morgan fingerprint density at radius 3 is 1.67 bits per heavy atom. The van der Waals surface area contributed by atoms with Crippen molar-refractivity contribution in [3.05, 3.63) is 46.3 Å². The number of H-pyrrole nitrogens is 1. The summed E-state index contributed by atoms with van der Waals surface area (Å²) in [7, 11) is 0. The number of nitrogens with one attached hydrogen (secondary N) is 3. The van der Waals surface area contributed by atoms with Crippen LogP contribution in [-0.4, -0.2) is 149 Å². The summed E-state index contributed by atoms with van der Waals surface area (Å²) in [5, 5.41) is 5.97. The third kappa shape index (κ3) is 18.3. The van der Waals surface area contributed by atoms with E-state index in [2.05, 4.69) is 34.4 Å². The van der Waals surface area contributed by atoms with E-state index in [1.807, 2.05) is 80.5 Å². The molecular weight excluding hydrogens is 785 g/mol. The molecule has 3 rings (SSSR count). The van der Waals surface area contributed by atoms with Gasteiger partial charge in [0.1, 0.15) is 19.0 Å². The molecule has 2 heterocycles. The van der Waals surface area contributed by atoms with Crippen molar-refractivity contribution in [1.82, 2.24) is 15.2 Å². The number of aromatic amines is 1. The number of aromatic nitrogens is 1. The Morgan fingerprint density at radius 1 is 0.721 bits per heavy atom. The van der Waals surface area contributed by atoms with Crippen LogP contribution < -0.4 is 15.4 Å². The highest BCUT2D eigenvalue weighted by molar-refractivity contribution is 6.35. The zero-order valence-corrected chi connectivity index (χ0v) is 38.8. The van der Waals surface area contributed by atoms with Crippen molar-refractivity contribution >= 4 is 34.9 Å². The molecule has 15 nitrogen and oxygen atoms in total. The quantitative estimate of drug-likeness (QED) is 0.0759. The van der Waals surface area contributed by atoms with Crippen LogP contribution in [0.1, 0.15) is 102 Å². The van der Waals surface area contributed by atoms with Crippen molar-refractivity contribution in [3.63, 3.8) is 0 Å². The number of ether oxygens (including phenoxy) is 8. The largest absolute Gasteiger partial charge is 0.491 e. The molecule has 3 N–H and O–H groups in total. The van der Waals surface area contributed by atoms with Crippen LogP contribution in [0.15, 0.2) is 18.2 Å². The molecule has 344 valence electrons.